The fourth-order valence-corrected chi connectivity index (χ4v) is 4.16. The molecule has 18 heavy (non-hydrogen) atoms. The van der Waals surface area contributed by atoms with Crippen molar-refractivity contribution >= 4 is 33.3 Å². The molecule has 0 spiro atoms. The fraction of sp³-hybridized carbons (Fsp3) is 0.500. The van der Waals surface area contributed by atoms with Crippen LogP contribution in [0.15, 0.2) is 9.59 Å². The molecule has 1 saturated carbocycles. The molecular formula is C12H13ClN2O2S. The van der Waals surface area contributed by atoms with Crippen molar-refractivity contribution in [1.82, 2.24) is 9.97 Å². The van der Waals surface area contributed by atoms with Crippen LogP contribution in [0.25, 0.3) is 10.3 Å². The Bertz CT molecular complexity index is 694. The van der Waals surface area contributed by atoms with Crippen LogP contribution in [0.5, 0.6) is 0 Å². The van der Waals surface area contributed by atoms with Crippen LogP contribution in [-0.4, -0.2) is 9.97 Å². The number of H-pyrrole nitrogens is 2. The SMILES string of the molecule is O=c1[nH]c2sc(Cl)c(C3CCCCC3)c2[nH]c1=O. The minimum atomic E-state index is -0.615. The first-order valence-corrected chi connectivity index (χ1v) is 7.31. The molecule has 0 saturated heterocycles. The Morgan fingerprint density at radius 2 is 1.72 bits per heavy atom. The molecule has 1 fully saturated rings. The maximum atomic E-state index is 11.4. The van der Waals surface area contributed by atoms with Gasteiger partial charge in [-0.05, 0) is 18.8 Å². The molecule has 0 aliphatic heterocycles. The summed E-state index contributed by atoms with van der Waals surface area (Å²) in [4.78, 5) is 28.7. The lowest BCUT2D eigenvalue weighted by Crippen LogP contribution is -2.28. The topological polar surface area (TPSA) is 65.7 Å². The van der Waals surface area contributed by atoms with E-state index in [1.165, 1.54) is 30.6 Å². The lowest BCUT2D eigenvalue weighted by Gasteiger charge is -2.21. The van der Waals surface area contributed by atoms with Crippen molar-refractivity contribution in [2.45, 2.75) is 38.0 Å². The summed E-state index contributed by atoms with van der Waals surface area (Å²) in [6.07, 6.45) is 5.88. The van der Waals surface area contributed by atoms with E-state index in [9.17, 15) is 9.59 Å². The Hall–Kier alpha value is -1.07. The summed E-state index contributed by atoms with van der Waals surface area (Å²) in [5, 5.41) is 0. The van der Waals surface area contributed by atoms with Gasteiger partial charge in [-0.3, -0.25) is 9.59 Å². The highest BCUT2D eigenvalue weighted by molar-refractivity contribution is 7.22. The van der Waals surface area contributed by atoms with E-state index in [0.29, 0.717) is 15.1 Å². The highest BCUT2D eigenvalue weighted by Gasteiger charge is 2.23. The second-order valence-corrected chi connectivity index (χ2v) is 6.36. The van der Waals surface area contributed by atoms with Crippen molar-refractivity contribution < 1.29 is 0 Å². The number of hydrogen-bond acceptors (Lipinski definition) is 3. The highest BCUT2D eigenvalue weighted by Crippen LogP contribution is 2.42. The molecule has 0 atom stereocenters. The molecule has 0 aromatic carbocycles. The van der Waals surface area contributed by atoms with Crippen LogP contribution >= 0.6 is 22.9 Å². The van der Waals surface area contributed by atoms with Crippen molar-refractivity contribution in [3.05, 3.63) is 30.6 Å². The molecule has 4 nitrogen and oxygen atoms in total. The minimum Gasteiger partial charge on any atom is -0.315 e. The lowest BCUT2D eigenvalue weighted by molar-refractivity contribution is 0.446. The molecule has 1 aliphatic rings. The van der Waals surface area contributed by atoms with Crippen LogP contribution < -0.4 is 11.1 Å². The molecule has 1 aliphatic carbocycles. The summed E-state index contributed by atoms with van der Waals surface area (Å²) < 4.78 is 0.689. The second-order valence-electron chi connectivity index (χ2n) is 4.74. The van der Waals surface area contributed by atoms with Crippen molar-refractivity contribution in [3.8, 4) is 0 Å². The summed E-state index contributed by atoms with van der Waals surface area (Å²) in [7, 11) is 0. The number of hydrogen-bond donors (Lipinski definition) is 2. The molecule has 3 rings (SSSR count). The maximum absolute atomic E-state index is 11.4. The molecule has 6 heteroatoms. The van der Waals surface area contributed by atoms with Gasteiger partial charge in [-0.2, -0.15) is 0 Å². The normalized spacial score (nSPS) is 17.4. The Labute approximate surface area is 112 Å². The van der Waals surface area contributed by atoms with Crippen molar-refractivity contribution in [3.63, 3.8) is 0 Å². The van der Waals surface area contributed by atoms with Crippen molar-refractivity contribution in [1.29, 1.82) is 0 Å². The third-order valence-corrected chi connectivity index (χ3v) is 4.93. The van der Waals surface area contributed by atoms with Crippen molar-refractivity contribution in [2.24, 2.45) is 0 Å². The van der Waals surface area contributed by atoms with Gasteiger partial charge in [0.05, 0.1) is 5.52 Å². The highest BCUT2D eigenvalue weighted by atomic mass is 35.5. The minimum absolute atomic E-state index is 0.404. The van der Waals surface area contributed by atoms with E-state index in [4.69, 9.17) is 11.6 Å². The Kier molecular flexibility index (Phi) is 3.03. The molecule has 2 aromatic heterocycles. The summed E-state index contributed by atoms with van der Waals surface area (Å²) in [6, 6.07) is 0. The average molecular weight is 285 g/mol. The van der Waals surface area contributed by atoms with E-state index in [2.05, 4.69) is 9.97 Å². The number of aromatic amines is 2. The second kappa shape index (κ2) is 4.55. The number of rotatable bonds is 1. The zero-order valence-corrected chi connectivity index (χ0v) is 11.3. The largest absolute Gasteiger partial charge is 0.315 e. The van der Waals surface area contributed by atoms with Crippen LogP contribution in [0.1, 0.15) is 43.6 Å². The van der Waals surface area contributed by atoms with Gasteiger partial charge in [0, 0.05) is 5.56 Å². The van der Waals surface area contributed by atoms with Gasteiger partial charge in [0.1, 0.15) is 9.17 Å². The number of halogens is 1. The molecule has 0 radical (unpaired) electrons. The van der Waals surface area contributed by atoms with Gasteiger partial charge < -0.3 is 9.97 Å². The quantitative estimate of drug-likeness (QED) is 0.791. The van der Waals surface area contributed by atoms with E-state index in [0.717, 1.165) is 23.9 Å². The predicted molar refractivity (Wildman–Crippen MR) is 73.9 cm³/mol. The van der Waals surface area contributed by atoms with E-state index < -0.39 is 11.1 Å². The Morgan fingerprint density at radius 3 is 2.44 bits per heavy atom. The third-order valence-electron chi connectivity index (χ3n) is 3.59. The van der Waals surface area contributed by atoms with Gasteiger partial charge in [0.25, 0.3) is 0 Å². The van der Waals surface area contributed by atoms with E-state index in [1.54, 1.807) is 0 Å². The Morgan fingerprint density at radius 1 is 1.06 bits per heavy atom. The van der Waals surface area contributed by atoms with Gasteiger partial charge >= 0.3 is 11.1 Å². The molecule has 0 unspecified atom stereocenters. The molecule has 2 heterocycles. The number of thiophene rings is 1. The van der Waals surface area contributed by atoms with Gasteiger partial charge in [-0.15, -0.1) is 11.3 Å². The fourth-order valence-electron chi connectivity index (χ4n) is 2.71. The van der Waals surface area contributed by atoms with E-state index in [1.807, 2.05) is 0 Å². The summed E-state index contributed by atoms with van der Waals surface area (Å²) >= 11 is 7.62. The smallest absolute Gasteiger partial charge is 0.314 e. The van der Waals surface area contributed by atoms with Crippen LogP contribution in [0.3, 0.4) is 0 Å². The first-order chi connectivity index (χ1) is 8.66. The van der Waals surface area contributed by atoms with Gasteiger partial charge in [-0.1, -0.05) is 30.9 Å². The molecule has 2 N–H and O–H groups in total. The Balaban J connectivity index is 2.21. The van der Waals surface area contributed by atoms with Crippen LogP contribution in [0, 0.1) is 0 Å². The lowest BCUT2D eigenvalue weighted by atomic mass is 9.85. The van der Waals surface area contributed by atoms with Crippen LogP contribution in [0.2, 0.25) is 4.34 Å². The molecular weight excluding hydrogens is 272 g/mol. The number of fused-ring (bicyclic) bond motifs is 1. The maximum Gasteiger partial charge on any atom is 0.314 e. The first kappa shape index (κ1) is 12.0. The first-order valence-electron chi connectivity index (χ1n) is 6.11. The number of nitrogens with one attached hydrogen (secondary N) is 2. The zero-order chi connectivity index (χ0) is 12.7. The molecule has 2 aromatic rings. The zero-order valence-electron chi connectivity index (χ0n) is 9.72. The van der Waals surface area contributed by atoms with Gasteiger partial charge in [0.2, 0.25) is 0 Å². The van der Waals surface area contributed by atoms with Gasteiger partial charge in [0.15, 0.2) is 0 Å². The van der Waals surface area contributed by atoms with Crippen molar-refractivity contribution in [2.75, 3.05) is 0 Å². The van der Waals surface area contributed by atoms with Crippen LogP contribution in [-0.2, 0) is 0 Å². The standard InChI is InChI=1S/C12H13ClN2O2S/c13-9-7(6-4-2-1-3-5-6)8-12(18-9)15-11(17)10(16)14-8/h6H,1-5H2,(H,14,16)(H,15,17). The monoisotopic (exact) mass is 284 g/mol. The molecule has 0 amide bonds. The predicted octanol–water partition coefficient (Wildman–Crippen LogP) is 2.98. The van der Waals surface area contributed by atoms with E-state index in [-0.39, 0.29) is 0 Å². The number of aromatic nitrogens is 2. The summed E-state index contributed by atoms with van der Waals surface area (Å²) in [5.41, 5.74) is 0.524. The van der Waals surface area contributed by atoms with E-state index >= 15 is 0 Å². The third kappa shape index (κ3) is 1.91. The molecule has 0 bridgehead atoms. The van der Waals surface area contributed by atoms with Gasteiger partial charge in [-0.25, -0.2) is 0 Å². The summed E-state index contributed by atoms with van der Waals surface area (Å²) in [6.45, 7) is 0. The summed E-state index contributed by atoms with van der Waals surface area (Å²) in [5.74, 6) is 0.404. The van der Waals surface area contributed by atoms with Crippen LogP contribution in [0.4, 0.5) is 0 Å². The molecule has 96 valence electrons. The average Bonchev–Trinajstić information content (AvgIpc) is 2.66.